The number of para-hydroxylation sites is 2. The van der Waals surface area contributed by atoms with Crippen molar-refractivity contribution in [2.75, 3.05) is 23.4 Å². The van der Waals surface area contributed by atoms with Crippen LogP contribution in [-0.4, -0.2) is 36.0 Å². The molecule has 0 bridgehead atoms. The zero-order valence-corrected chi connectivity index (χ0v) is 14.9. The molecule has 7 heteroatoms. The standard InChI is InChI=1S/C20H20N2O5/c1-13-8-9-14(17(23)11-13)20(26)27-12-18(24)21-15-5-2-3-6-16(15)22-10-4-7-19(22)25/h2-3,5-6,8-9,11,23H,4,7,10,12H2,1H3,(H,21,24). The summed E-state index contributed by atoms with van der Waals surface area (Å²) < 4.78 is 4.98. The molecule has 3 rings (SSSR count). The molecule has 140 valence electrons. The molecule has 1 aliphatic heterocycles. The van der Waals surface area contributed by atoms with Crippen molar-refractivity contribution in [2.24, 2.45) is 0 Å². The molecule has 2 aromatic rings. The first-order valence-corrected chi connectivity index (χ1v) is 8.61. The van der Waals surface area contributed by atoms with Crippen molar-refractivity contribution in [2.45, 2.75) is 19.8 Å². The van der Waals surface area contributed by atoms with Gasteiger partial charge in [-0.2, -0.15) is 0 Å². The van der Waals surface area contributed by atoms with Gasteiger partial charge in [-0.3, -0.25) is 9.59 Å². The monoisotopic (exact) mass is 368 g/mol. The van der Waals surface area contributed by atoms with Crippen LogP contribution in [0, 0.1) is 6.92 Å². The molecular weight excluding hydrogens is 348 g/mol. The van der Waals surface area contributed by atoms with Crippen LogP contribution in [0.4, 0.5) is 11.4 Å². The van der Waals surface area contributed by atoms with Gasteiger partial charge >= 0.3 is 5.97 Å². The van der Waals surface area contributed by atoms with Crippen molar-refractivity contribution in [1.29, 1.82) is 0 Å². The molecular formula is C20H20N2O5. The van der Waals surface area contributed by atoms with Crippen LogP contribution in [0.5, 0.6) is 5.75 Å². The van der Waals surface area contributed by atoms with Crippen LogP contribution in [-0.2, 0) is 14.3 Å². The molecule has 0 saturated carbocycles. The number of esters is 1. The van der Waals surface area contributed by atoms with E-state index in [2.05, 4.69) is 5.32 Å². The maximum absolute atomic E-state index is 12.2. The second-order valence-electron chi connectivity index (χ2n) is 6.31. The van der Waals surface area contributed by atoms with Gasteiger partial charge in [0.25, 0.3) is 5.91 Å². The van der Waals surface area contributed by atoms with E-state index in [1.165, 1.54) is 12.1 Å². The Hall–Kier alpha value is -3.35. The van der Waals surface area contributed by atoms with E-state index in [-0.39, 0.29) is 17.2 Å². The van der Waals surface area contributed by atoms with Crippen molar-refractivity contribution in [3.63, 3.8) is 0 Å². The highest BCUT2D eigenvalue weighted by molar-refractivity contribution is 6.03. The van der Waals surface area contributed by atoms with Gasteiger partial charge in [-0.1, -0.05) is 18.2 Å². The number of nitrogens with one attached hydrogen (secondary N) is 1. The number of nitrogens with zero attached hydrogens (tertiary/aromatic N) is 1. The van der Waals surface area contributed by atoms with E-state index in [1.807, 2.05) is 0 Å². The van der Waals surface area contributed by atoms with E-state index in [1.54, 1.807) is 42.2 Å². The van der Waals surface area contributed by atoms with Crippen molar-refractivity contribution in [3.8, 4) is 5.75 Å². The predicted molar refractivity (Wildman–Crippen MR) is 99.8 cm³/mol. The summed E-state index contributed by atoms with van der Waals surface area (Å²) in [4.78, 5) is 37.8. The minimum absolute atomic E-state index is 0.00327. The Labute approximate surface area is 156 Å². The quantitative estimate of drug-likeness (QED) is 0.791. The normalized spacial score (nSPS) is 13.5. The van der Waals surface area contributed by atoms with Gasteiger partial charge in [-0.15, -0.1) is 0 Å². The largest absolute Gasteiger partial charge is 0.507 e. The van der Waals surface area contributed by atoms with E-state index < -0.39 is 18.5 Å². The van der Waals surface area contributed by atoms with E-state index in [4.69, 9.17) is 4.74 Å². The Morgan fingerprint density at radius 1 is 1.22 bits per heavy atom. The van der Waals surface area contributed by atoms with Crippen molar-refractivity contribution < 1.29 is 24.2 Å². The van der Waals surface area contributed by atoms with Gasteiger partial charge in [-0.05, 0) is 43.2 Å². The smallest absolute Gasteiger partial charge is 0.342 e. The van der Waals surface area contributed by atoms with Gasteiger partial charge in [0, 0.05) is 13.0 Å². The number of benzene rings is 2. The molecule has 0 aliphatic carbocycles. The highest BCUT2D eigenvalue weighted by atomic mass is 16.5. The van der Waals surface area contributed by atoms with Crippen LogP contribution in [0.1, 0.15) is 28.8 Å². The molecule has 1 aliphatic rings. The van der Waals surface area contributed by atoms with Crippen LogP contribution in [0.25, 0.3) is 0 Å². The number of aromatic hydroxyl groups is 1. The first kappa shape index (κ1) is 18.4. The number of rotatable bonds is 5. The van der Waals surface area contributed by atoms with Crippen molar-refractivity contribution >= 4 is 29.2 Å². The summed E-state index contributed by atoms with van der Waals surface area (Å²) in [5, 5.41) is 12.5. The zero-order chi connectivity index (χ0) is 19.4. The lowest BCUT2D eigenvalue weighted by Crippen LogP contribution is -2.27. The summed E-state index contributed by atoms with van der Waals surface area (Å²) in [6.07, 6.45) is 1.26. The lowest BCUT2D eigenvalue weighted by atomic mass is 10.1. The minimum atomic E-state index is -0.786. The molecule has 1 heterocycles. The summed E-state index contributed by atoms with van der Waals surface area (Å²) >= 11 is 0. The van der Waals surface area contributed by atoms with Crippen molar-refractivity contribution in [3.05, 3.63) is 53.6 Å². The first-order chi connectivity index (χ1) is 13.0. The number of aryl methyl sites for hydroxylation is 1. The molecule has 2 aromatic carbocycles. The SMILES string of the molecule is Cc1ccc(C(=O)OCC(=O)Nc2ccccc2N2CCCC2=O)c(O)c1. The summed E-state index contributed by atoms with van der Waals surface area (Å²) in [6, 6.07) is 11.5. The highest BCUT2D eigenvalue weighted by Crippen LogP contribution is 2.29. The predicted octanol–water partition coefficient (Wildman–Crippen LogP) is 2.62. The van der Waals surface area contributed by atoms with E-state index >= 15 is 0 Å². The van der Waals surface area contributed by atoms with Crippen LogP contribution in [0.3, 0.4) is 0 Å². The Kier molecular flexibility index (Phi) is 5.40. The fourth-order valence-electron chi connectivity index (χ4n) is 2.93. The number of carbonyl (C=O) groups is 3. The Bertz CT molecular complexity index is 894. The number of phenols is 1. The fourth-order valence-corrected chi connectivity index (χ4v) is 2.93. The average molecular weight is 368 g/mol. The second-order valence-corrected chi connectivity index (χ2v) is 6.31. The van der Waals surface area contributed by atoms with Crippen molar-refractivity contribution in [1.82, 2.24) is 0 Å². The Morgan fingerprint density at radius 2 is 2.00 bits per heavy atom. The minimum Gasteiger partial charge on any atom is -0.507 e. The third-order valence-corrected chi connectivity index (χ3v) is 4.25. The molecule has 0 unspecified atom stereocenters. The third-order valence-electron chi connectivity index (χ3n) is 4.25. The second kappa shape index (κ2) is 7.90. The summed E-state index contributed by atoms with van der Waals surface area (Å²) in [5.41, 5.74) is 1.90. The first-order valence-electron chi connectivity index (χ1n) is 8.61. The van der Waals surface area contributed by atoms with Gasteiger partial charge in [0.05, 0.1) is 11.4 Å². The van der Waals surface area contributed by atoms with Gasteiger partial charge < -0.3 is 20.1 Å². The van der Waals surface area contributed by atoms with E-state index in [0.29, 0.717) is 24.3 Å². The molecule has 0 atom stereocenters. The zero-order valence-electron chi connectivity index (χ0n) is 14.9. The lowest BCUT2D eigenvalue weighted by Gasteiger charge is -2.19. The van der Waals surface area contributed by atoms with Gasteiger partial charge in [0.1, 0.15) is 11.3 Å². The molecule has 1 fully saturated rings. The number of amides is 2. The van der Waals surface area contributed by atoms with E-state index in [0.717, 1.165) is 12.0 Å². The topological polar surface area (TPSA) is 95.9 Å². The van der Waals surface area contributed by atoms with Gasteiger partial charge in [0.2, 0.25) is 5.91 Å². The number of hydrogen-bond acceptors (Lipinski definition) is 5. The van der Waals surface area contributed by atoms with Gasteiger partial charge in [0.15, 0.2) is 6.61 Å². The molecule has 27 heavy (non-hydrogen) atoms. The Balaban J connectivity index is 1.63. The third kappa shape index (κ3) is 4.25. The maximum Gasteiger partial charge on any atom is 0.342 e. The van der Waals surface area contributed by atoms with E-state index in [9.17, 15) is 19.5 Å². The van der Waals surface area contributed by atoms with Gasteiger partial charge in [-0.25, -0.2) is 4.79 Å². The van der Waals surface area contributed by atoms with Crippen LogP contribution in [0.15, 0.2) is 42.5 Å². The van der Waals surface area contributed by atoms with Crippen LogP contribution in [0.2, 0.25) is 0 Å². The molecule has 2 N–H and O–H groups in total. The number of carbonyl (C=O) groups excluding carboxylic acids is 3. The Morgan fingerprint density at radius 3 is 2.70 bits per heavy atom. The highest BCUT2D eigenvalue weighted by Gasteiger charge is 2.24. The molecule has 0 radical (unpaired) electrons. The summed E-state index contributed by atoms with van der Waals surface area (Å²) in [7, 11) is 0. The fraction of sp³-hybridized carbons (Fsp3) is 0.250. The number of anilines is 2. The number of ether oxygens (including phenoxy) is 1. The summed E-state index contributed by atoms with van der Waals surface area (Å²) in [5.74, 6) is -1.50. The molecule has 0 aromatic heterocycles. The molecule has 0 spiro atoms. The molecule has 7 nitrogen and oxygen atoms in total. The average Bonchev–Trinajstić information content (AvgIpc) is 3.06. The molecule has 2 amide bonds. The van der Waals surface area contributed by atoms with Crippen LogP contribution >= 0.6 is 0 Å². The number of phenolic OH excluding ortho intramolecular Hbond substituents is 1. The number of hydrogen-bond donors (Lipinski definition) is 2. The lowest BCUT2D eigenvalue weighted by molar-refractivity contribution is -0.119. The summed E-state index contributed by atoms with van der Waals surface area (Å²) in [6.45, 7) is 1.88. The maximum atomic E-state index is 12.2. The van der Waals surface area contributed by atoms with Crippen LogP contribution < -0.4 is 10.2 Å². The molecule has 1 saturated heterocycles.